The van der Waals surface area contributed by atoms with Crippen molar-refractivity contribution in [3.8, 4) is 5.75 Å². The summed E-state index contributed by atoms with van der Waals surface area (Å²) in [5.41, 5.74) is 0.259. The number of rotatable bonds is 6. The molecule has 1 saturated heterocycles. The van der Waals surface area contributed by atoms with Gasteiger partial charge in [0.05, 0.1) is 6.10 Å². The molecular weight excluding hydrogens is 324 g/mol. The Balaban J connectivity index is 2.08. The number of nitrogens with one attached hydrogen (secondary N) is 2. The quantitative estimate of drug-likeness (QED) is 0.712. The molecule has 3 atom stereocenters. The number of ketones is 1. The van der Waals surface area contributed by atoms with E-state index in [-0.39, 0.29) is 29.6 Å². The van der Waals surface area contributed by atoms with Gasteiger partial charge < -0.3 is 20.5 Å². The summed E-state index contributed by atoms with van der Waals surface area (Å²) in [6, 6.07) is 4.42. The number of benzene rings is 1. The first-order chi connectivity index (χ1) is 11.8. The van der Waals surface area contributed by atoms with Crippen molar-refractivity contribution < 1.29 is 24.2 Å². The summed E-state index contributed by atoms with van der Waals surface area (Å²) in [5, 5.41) is 14.8. The van der Waals surface area contributed by atoms with Gasteiger partial charge in [0.25, 0.3) is 5.91 Å². The Morgan fingerprint density at radius 2 is 2.08 bits per heavy atom. The van der Waals surface area contributed by atoms with Gasteiger partial charge in [-0.15, -0.1) is 0 Å². The van der Waals surface area contributed by atoms with Crippen molar-refractivity contribution in [2.45, 2.75) is 45.4 Å². The predicted octanol–water partition coefficient (Wildman–Crippen LogP) is 1.01. The number of aromatic hydroxyl groups is 1. The molecule has 0 bridgehead atoms. The number of phenolic OH excluding ortho intramolecular Hbond substituents is 1. The molecule has 0 saturated carbocycles. The van der Waals surface area contributed by atoms with Crippen LogP contribution in [-0.4, -0.2) is 47.5 Å². The first-order valence-electron chi connectivity index (χ1n) is 8.32. The van der Waals surface area contributed by atoms with Gasteiger partial charge >= 0.3 is 0 Å². The Morgan fingerprint density at radius 3 is 2.64 bits per heavy atom. The minimum absolute atomic E-state index is 0.0173. The maximum atomic E-state index is 12.6. The maximum absolute atomic E-state index is 12.6. The number of amides is 2. The fourth-order valence-electron chi connectivity index (χ4n) is 2.70. The van der Waals surface area contributed by atoms with Crippen LogP contribution in [0, 0.1) is 5.92 Å². The summed E-state index contributed by atoms with van der Waals surface area (Å²) in [6.45, 7) is 5.58. The summed E-state index contributed by atoms with van der Waals surface area (Å²) in [4.78, 5) is 36.7. The van der Waals surface area contributed by atoms with Crippen LogP contribution < -0.4 is 10.6 Å². The summed E-state index contributed by atoms with van der Waals surface area (Å²) in [5.74, 6) is -0.923. The highest BCUT2D eigenvalue weighted by atomic mass is 16.5. The lowest BCUT2D eigenvalue weighted by molar-refractivity contribution is -0.127. The largest absolute Gasteiger partial charge is 0.508 e. The topological polar surface area (TPSA) is 105 Å². The van der Waals surface area contributed by atoms with Crippen molar-refractivity contribution in [3.05, 3.63) is 29.8 Å². The molecule has 1 aromatic carbocycles. The van der Waals surface area contributed by atoms with Crippen LogP contribution in [-0.2, 0) is 14.3 Å². The van der Waals surface area contributed by atoms with Gasteiger partial charge in [-0.3, -0.25) is 14.4 Å². The zero-order valence-electron chi connectivity index (χ0n) is 14.6. The molecule has 1 heterocycles. The van der Waals surface area contributed by atoms with E-state index in [0.717, 1.165) is 0 Å². The van der Waals surface area contributed by atoms with Gasteiger partial charge in [-0.05, 0) is 37.5 Å². The van der Waals surface area contributed by atoms with Gasteiger partial charge in [-0.1, -0.05) is 19.9 Å². The number of Topliss-reactive ketones (excluding diaryl/α,β-unsaturated/α-hetero) is 1. The van der Waals surface area contributed by atoms with Crippen LogP contribution in [0.5, 0.6) is 5.75 Å². The number of hydrogen-bond acceptors (Lipinski definition) is 5. The van der Waals surface area contributed by atoms with Crippen molar-refractivity contribution >= 4 is 17.6 Å². The molecule has 1 aromatic rings. The molecule has 25 heavy (non-hydrogen) atoms. The van der Waals surface area contributed by atoms with E-state index in [4.69, 9.17) is 4.74 Å². The molecule has 1 aliphatic heterocycles. The van der Waals surface area contributed by atoms with Gasteiger partial charge in [-0.25, -0.2) is 0 Å². The Morgan fingerprint density at radius 1 is 1.36 bits per heavy atom. The maximum Gasteiger partial charge on any atom is 0.252 e. The van der Waals surface area contributed by atoms with Gasteiger partial charge in [0.2, 0.25) is 5.91 Å². The van der Waals surface area contributed by atoms with Gasteiger partial charge in [0.1, 0.15) is 24.4 Å². The third-order valence-corrected chi connectivity index (χ3v) is 4.04. The number of hydrogen-bond donors (Lipinski definition) is 3. The molecule has 1 unspecified atom stereocenters. The SMILES string of the molecule is CC(C)CC(NC(=O)c1cccc(O)c1)C(=O)N[C@@H]1C(=O)CO[C@@H]1C. The van der Waals surface area contributed by atoms with Crippen LogP contribution in [0.4, 0.5) is 0 Å². The van der Waals surface area contributed by atoms with Gasteiger partial charge in [0.15, 0.2) is 5.78 Å². The van der Waals surface area contributed by atoms with E-state index in [1.165, 1.54) is 12.1 Å². The van der Waals surface area contributed by atoms with Crippen molar-refractivity contribution in [2.24, 2.45) is 5.92 Å². The van der Waals surface area contributed by atoms with Crippen LogP contribution in [0.2, 0.25) is 0 Å². The fourth-order valence-corrected chi connectivity index (χ4v) is 2.70. The van der Waals surface area contributed by atoms with Crippen LogP contribution in [0.1, 0.15) is 37.6 Å². The summed E-state index contributed by atoms with van der Waals surface area (Å²) in [7, 11) is 0. The molecule has 0 aromatic heterocycles. The highest BCUT2D eigenvalue weighted by Crippen LogP contribution is 2.14. The number of phenols is 1. The van der Waals surface area contributed by atoms with E-state index in [2.05, 4.69) is 10.6 Å². The normalized spacial score (nSPS) is 21.2. The van der Waals surface area contributed by atoms with Crippen molar-refractivity contribution in [3.63, 3.8) is 0 Å². The monoisotopic (exact) mass is 348 g/mol. The van der Waals surface area contributed by atoms with Crippen LogP contribution >= 0.6 is 0 Å². The minimum Gasteiger partial charge on any atom is -0.508 e. The smallest absolute Gasteiger partial charge is 0.252 e. The Kier molecular flexibility index (Phi) is 6.14. The Labute approximate surface area is 146 Å². The third kappa shape index (κ3) is 5.03. The fraction of sp³-hybridized carbons (Fsp3) is 0.500. The molecule has 1 aliphatic rings. The average Bonchev–Trinajstić information content (AvgIpc) is 2.85. The molecule has 0 radical (unpaired) electrons. The minimum atomic E-state index is -0.782. The third-order valence-electron chi connectivity index (χ3n) is 4.04. The lowest BCUT2D eigenvalue weighted by Gasteiger charge is -2.23. The van der Waals surface area contributed by atoms with E-state index in [1.54, 1.807) is 19.1 Å². The summed E-state index contributed by atoms with van der Waals surface area (Å²) in [6.07, 6.45) is 0.0323. The summed E-state index contributed by atoms with van der Waals surface area (Å²) >= 11 is 0. The lowest BCUT2D eigenvalue weighted by atomic mass is 10.0. The molecular formula is C18H24N2O5. The highest BCUT2D eigenvalue weighted by molar-refractivity contribution is 5.99. The molecule has 3 N–H and O–H groups in total. The molecule has 7 heteroatoms. The molecule has 136 valence electrons. The first-order valence-corrected chi connectivity index (χ1v) is 8.32. The van der Waals surface area contributed by atoms with Crippen molar-refractivity contribution in [1.29, 1.82) is 0 Å². The second-order valence-corrected chi connectivity index (χ2v) is 6.67. The standard InChI is InChI=1S/C18H24N2O5/c1-10(2)7-14(18(24)20-16-11(3)25-9-15(16)22)19-17(23)12-5-4-6-13(21)8-12/h4-6,8,10-11,14,16,21H,7,9H2,1-3H3,(H,19,23)(H,20,24)/t11-,14?,16+/m1/s1. The van der Waals surface area contributed by atoms with E-state index >= 15 is 0 Å². The predicted molar refractivity (Wildman–Crippen MR) is 91.2 cm³/mol. The van der Waals surface area contributed by atoms with Crippen LogP contribution in [0.3, 0.4) is 0 Å². The van der Waals surface area contributed by atoms with E-state index in [9.17, 15) is 19.5 Å². The molecule has 0 spiro atoms. The average molecular weight is 348 g/mol. The first kappa shape index (κ1) is 18.9. The van der Waals surface area contributed by atoms with Crippen molar-refractivity contribution in [2.75, 3.05) is 6.61 Å². The molecule has 7 nitrogen and oxygen atoms in total. The zero-order chi connectivity index (χ0) is 18.6. The zero-order valence-corrected chi connectivity index (χ0v) is 14.6. The lowest BCUT2D eigenvalue weighted by Crippen LogP contribution is -2.53. The second-order valence-electron chi connectivity index (χ2n) is 6.67. The Hall–Kier alpha value is -2.41. The molecule has 2 rings (SSSR count). The highest BCUT2D eigenvalue weighted by Gasteiger charge is 2.35. The molecule has 1 fully saturated rings. The van der Waals surface area contributed by atoms with E-state index in [1.807, 2.05) is 13.8 Å². The van der Waals surface area contributed by atoms with Crippen LogP contribution in [0.25, 0.3) is 0 Å². The number of carbonyl (C=O) groups excluding carboxylic acids is 3. The van der Waals surface area contributed by atoms with E-state index < -0.39 is 30.0 Å². The summed E-state index contributed by atoms with van der Waals surface area (Å²) < 4.78 is 5.22. The van der Waals surface area contributed by atoms with Gasteiger partial charge in [0, 0.05) is 5.56 Å². The second kappa shape index (κ2) is 8.11. The van der Waals surface area contributed by atoms with Crippen molar-refractivity contribution in [1.82, 2.24) is 10.6 Å². The van der Waals surface area contributed by atoms with E-state index in [0.29, 0.717) is 6.42 Å². The molecule has 2 amide bonds. The molecule has 0 aliphatic carbocycles. The van der Waals surface area contributed by atoms with Crippen LogP contribution in [0.15, 0.2) is 24.3 Å². The number of carbonyl (C=O) groups is 3. The number of ether oxygens (including phenoxy) is 1. The van der Waals surface area contributed by atoms with Gasteiger partial charge in [-0.2, -0.15) is 0 Å². The Bertz CT molecular complexity index is 659.